The van der Waals surface area contributed by atoms with Crippen molar-refractivity contribution >= 4 is 35.2 Å². The summed E-state index contributed by atoms with van der Waals surface area (Å²) in [6.45, 7) is 3.57. The minimum Gasteiger partial charge on any atom is -0.424 e. The van der Waals surface area contributed by atoms with Crippen LogP contribution in [0, 0.1) is 0 Å². The molecule has 70 valence electrons. The third-order valence-electron chi connectivity index (χ3n) is 1.25. The van der Waals surface area contributed by atoms with Gasteiger partial charge in [-0.2, -0.15) is 0 Å². The van der Waals surface area contributed by atoms with E-state index in [1.807, 2.05) is 0 Å². The molecule has 0 bridgehead atoms. The third-order valence-corrected chi connectivity index (χ3v) is 2.72. The molecule has 0 N–H and O–H groups in total. The predicted molar refractivity (Wildman–Crippen MR) is 59.7 cm³/mol. The van der Waals surface area contributed by atoms with Gasteiger partial charge in [0, 0.05) is 5.75 Å². The fraction of sp³-hybridized carbons (Fsp3) is 0.111. The van der Waals surface area contributed by atoms with Crippen molar-refractivity contribution in [1.82, 2.24) is 0 Å². The van der Waals surface area contributed by atoms with Crippen molar-refractivity contribution in [2.45, 2.75) is 0 Å². The Morgan fingerprint density at radius 2 is 2.23 bits per heavy atom. The molecule has 13 heavy (non-hydrogen) atoms. The first-order valence-corrected chi connectivity index (χ1v) is 5.26. The third kappa shape index (κ3) is 3.14. The van der Waals surface area contributed by atoms with Gasteiger partial charge in [0.05, 0.1) is 17.1 Å². The second-order valence-corrected chi connectivity index (χ2v) is 3.73. The molecule has 0 radical (unpaired) electrons. The van der Waals surface area contributed by atoms with E-state index in [9.17, 15) is 0 Å². The minimum absolute atomic E-state index is 0.445. The highest BCUT2D eigenvalue weighted by atomic mass is 35.5. The van der Waals surface area contributed by atoms with Crippen LogP contribution >= 0.6 is 35.2 Å². The molecule has 0 unspecified atom stereocenters. The first-order valence-electron chi connectivity index (χ1n) is 3.60. The van der Waals surface area contributed by atoms with Crippen molar-refractivity contribution < 1.29 is 4.18 Å². The average molecular weight is 235 g/mol. The molecule has 0 fully saturated rings. The lowest BCUT2D eigenvalue weighted by Crippen LogP contribution is -1.84. The van der Waals surface area contributed by atoms with E-state index in [1.165, 1.54) is 12.0 Å². The number of rotatable bonds is 4. The molecule has 1 nitrogen and oxygen atoms in total. The number of hydrogen-bond acceptors (Lipinski definition) is 2. The lowest BCUT2D eigenvalue weighted by Gasteiger charge is -2.04. The van der Waals surface area contributed by atoms with Crippen molar-refractivity contribution in [3.05, 3.63) is 40.9 Å². The van der Waals surface area contributed by atoms with Crippen LogP contribution < -0.4 is 4.18 Å². The molecular formula is C9H8Cl2OS. The van der Waals surface area contributed by atoms with Gasteiger partial charge in [-0.25, -0.2) is 0 Å². The van der Waals surface area contributed by atoms with Gasteiger partial charge in [0.1, 0.15) is 5.02 Å². The topological polar surface area (TPSA) is 9.23 Å². The standard InChI is InChI=1S/C9H8Cl2OS/c1-2-6-13-12-8-5-3-4-7(10)9(8)11/h2-5H,1,6H2. The van der Waals surface area contributed by atoms with Crippen molar-refractivity contribution in [2.24, 2.45) is 0 Å². The summed E-state index contributed by atoms with van der Waals surface area (Å²) < 4.78 is 5.29. The molecule has 0 aliphatic rings. The molecule has 0 aliphatic heterocycles. The Hall–Kier alpha value is -0.310. The lowest BCUT2D eigenvalue weighted by atomic mass is 10.3. The second kappa shape index (κ2) is 5.43. The van der Waals surface area contributed by atoms with Gasteiger partial charge in [-0.3, -0.25) is 0 Å². The maximum atomic E-state index is 5.88. The SMILES string of the molecule is C=CCSOc1cccc(Cl)c1Cl. The van der Waals surface area contributed by atoms with Crippen LogP contribution in [0.1, 0.15) is 0 Å². The van der Waals surface area contributed by atoms with E-state index in [4.69, 9.17) is 27.4 Å². The maximum Gasteiger partial charge on any atom is 0.157 e. The molecular weight excluding hydrogens is 227 g/mol. The summed E-state index contributed by atoms with van der Waals surface area (Å²) in [7, 11) is 0. The fourth-order valence-corrected chi connectivity index (χ4v) is 1.50. The quantitative estimate of drug-likeness (QED) is 0.439. The second-order valence-electron chi connectivity index (χ2n) is 2.21. The smallest absolute Gasteiger partial charge is 0.157 e. The maximum absolute atomic E-state index is 5.88. The zero-order valence-corrected chi connectivity index (χ0v) is 9.12. The van der Waals surface area contributed by atoms with Crippen LogP contribution in [-0.4, -0.2) is 5.75 Å². The van der Waals surface area contributed by atoms with Crippen LogP contribution in [0.4, 0.5) is 0 Å². The monoisotopic (exact) mass is 234 g/mol. The van der Waals surface area contributed by atoms with E-state index in [2.05, 4.69) is 6.58 Å². The van der Waals surface area contributed by atoms with Crippen LogP contribution in [-0.2, 0) is 0 Å². The molecule has 0 heterocycles. The van der Waals surface area contributed by atoms with Gasteiger partial charge in [0.25, 0.3) is 0 Å². The molecule has 0 spiro atoms. The lowest BCUT2D eigenvalue weighted by molar-refractivity contribution is 0.648. The molecule has 0 atom stereocenters. The van der Waals surface area contributed by atoms with Gasteiger partial charge in [-0.15, -0.1) is 6.58 Å². The van der Waals surface area contributed by atoms with Gasteiger partial charge in [-0.05, 0) is 12.1 Å². The molecule has 0 saturated carbocycles. The molecule has 0 aromatic heterocycles. The van der Waals surface area contributed by atoms with E-state index in [0.29, 0.717) is 21.5 Å². The van der Waals surface area contributed by atoms with E-state index < -0.39 is 0 Å². The largest absolute Gasteiger partial charge is 0.424 e. The Morgan fingerprint density at radius 1 is 1.46 bits per heavy atom. The van der Waals surface area contributed by atoms with E-state index >= 15 is 0 Å². The van der Waals surface area contributed by atoms with Gasteiger partial charge in [0.2, 0.25) is 0 Å². The number of hydrogen-bond donors (Lipinski definition) is 0. The molecule has 0 amide bonds. The van der Waals surface area contributed by atoms with Crippen LogP contribution in [0.5, 0.6) is 5.75 Å². The van der Waals surface area contributed by atoms with Crippen LogP contribution in [0.15, 0.2) is 30.9 Å². The minimum atomic E-state index is 0.445. The summed E-state index contributed by atoms with van der Waals surface area (Å²) in [6, 6.07) is 5.28. The number of benzene rings is 1. The van der Waals surface area contributed by atoms with Crippen LogP contribution in [0.25, 0.3) is 0 Å². The molecule has 0 saturated heterocycles. The normalized spacial score (nSPS) is 9.69. The van der Waals surface area contributed by atoms with Gasteiger partial charge in [-0.1, -0.05) is 35.3 Å². The van der Waals surface area contributed by atoms with Crippen LogP contribution in [0.2, 0.25) is 10.0 Å². The van der Waals surface area contributed by atoms with Crippen molar-refractivity contribution in [1.29, 1.82) is 0 Å². The summed E-state index contributed by atoms with van der Waals surface area (Å²) in [5.41, 5.74) is 0. The van der Waals surface area contributed by atoms with Gasteiger partial charge in [0.15, 0.2) is 5.75 Å². The highest BCUT2D eigenvalue weighted by Crippen LogP contribution is 2.33. The average Bonchev–Trinajstić information content (AvgIpc) is 2.13. The number of halogens is 2. The first kappa shape index (κ1) is 10.8. The highest BCUT2D eigenvalue weighted by molar-refractivity contribution is 7.95. The van der Waals surface area contributed by atoms with Gasteiger partial charge >= 0.3 is 0 Å². The predicted octanol–water partition coefficient (Wildman–Crippen LogP) is 4.21. The first-order chi connectivity index (χ1) is 6.25. The van der Waals surface area contributed by atoms with Crippen LogP contribution in [0.3, 0.4) is 0 Å². The zero-order valence-electron chi connectivity index (χ0n) is 6.80. The van der Waals surface area contributed by atoms with Crippen molar-refractivity contribution in [2.75, 3.05) is 5.75 Å². The Kier molecular flexibility index (Phi) is 4.50. The highest BCUT2D eigenvalue weighted by Gasteiger charge is 2.04. The molecule has 1 rings (SSSR count). The molecule has 1 aromatic carbocycles. The van der Waals surface area contributed by atoms with E-state index in [0.717, 1.165) is 0 Å². The Labute approximate surface area is 91.9 Å². The Morgan fingerprint density at radius 3 is 2.92 bits per heavy atom. The van der Waals surface area contributed by atoms with E-state index in [1.54, 1.807) is 24.3 Å². The summed E-state index contributed by atoms with van der Waals surface area (Å²) >= 11 is 12.9. The zero-order chi connectivity index (χ0) is 9.68. The Bertz CT molecular complexity index is 302. The van der Waals surface area contributed by atoms with Crippen molar-refractivity contribution in [3.8, 4) is 5.75 Å². The summed E-state index contributed by atoms with van der Waals surface area (Å²) in [5.74, 6) is 1.30. The van der Waals surface area contributed by atoms with Crippen molar-refractivity contribution in [3.63, 3.8) is 0 Å². The summed E-state index contributed by atoms with van der Waals surface area (Å²) in [4.78, 5) is 0. The van der Waals surface area contributed by atoms with E-state index in [-0.39, 0.29) is 0 Å². The summed E-state index contributed by atoms with van der Waals surface area (Å²) in [6.07, 6.45) is 1.75. The Balaban J connectivity index is 2.65. The molecule has 0 aliphatic carbocycles. The van der Waals surface area contributed by atoms with Gasteiger partial charge < -0.3 is 4.18 Å². The fourth-order valence-electron chi connectivity index (χ4n) is 0.694. The molecule has 1 aromatic rings. The summed E-state index contributed by atoms with van der Waals surface area (Å²) in [5, 5.41) is 0.944. The molecule has 4 heteroatoms.